The molecule has 3 aromatic rings. The first-order chi connectivity index (χ1) is 9.25. The Bertz CT molecular complexity index is 694. The Kier molecular flexibility index (Phi) is 2.68. The lowest BCUT2D eigenvalue weighted by atomic mass is 10.1. The molecule has 1 aromatic carbocycles. The Morgan fingerprint density at radius 1 is 1.05 bits per heavy atom. The zero-order valence-corrected chi connectivity index (χ0v) is 9.75. The van der Waals surface area contributed by atoms with Crippen LogP contribution in [0.25, 0.3) is 22.6 Å². The summed E-state index contributed by atoms with van der Waals surface area (Å²) < 4.78 is 17.9. The third-order valence-electron chi connectivity index (χ3n) is 2.63. The van der Waals surface area contributed by atoms with Crippen molar-refractivity contribution < 1.29 is 8.91 Å². The molecule has 2 heterocycles. The van der Waals surface area contributed by atoms with Gasteiger partial charge in [-0.3, -0.25) is 0 Å². The molecule has 0 aliphatic heterocycles. The van der Waals surface area contributed by atoms with Gasteiger partial charge in [-0.15, -0.1) is 0 Å². The molecule has 0 saturated heterocycles. The number of benzene rings is 1. The van der Waals surface area contributed by atoms with Crippen LogP contribution in [0.1, 0.15) is 0 Å². The molecule has 3 rings (SSSR count). The summed E-state index contributed by atoms with van der Waals surface area (Å²) in [6, 6.07) is 7.59. The maximum atomic E-state index is 13.0. The Morgan fingerprint density at radius 2 is 1.74 bits per heavy atom. The van der Waals surface area contributed by atoms with Crippen molar-refractivity contribution in [3.8, 4) is 22.6 Å². The van der Waals surface area contributed by atoms with Gasteiger partial charge in [0, 0.05) is 12.4 Å². The first kappa shape index (κ1) is 11.3. The molecule has 0 aliphatic carbocycles. The van der Waals surface area contributed by atoms with E-state index in [1.54, 1.807) is 30.6 Å². The Labute approximate surface area is 107 Å². The van der Waals surface area contributed by atoms with Gasteiger partial charge in [-0.1, -0.05) is 17.3 Å². The highest BCUT2D eigenvalue weighted by molar-refractivity contribution is 5.84. The van der Waals surface area contributed by atoms with E-state index in [9.17, 15) is 4.39 Å². The van der Waals surface area contributed by atoms with Crippen molar-refractivity contribution in [1.82, 2.24) is 15.1 Å². The van der Waals surface area contributed by atoms with Crippen molar-refractivity contribution in [3.63, 3.8) is 0 Å². The highest BCUT2D eigenvalue weighted by Gasteiger charge is 2.19. The van der Waals surface area contributed by atoms with Gasteiger partial charge >= 0.3 is 0 Å². The molecule has 2 aromatic heterocycles. The molecule has 0 saturated carbocycles. The van der Waals surface area contributed by atoms with Gasteiger partial charge in [0.1, 0.15) is 5.82 Å². The van der Waals surface area contributed by atoms with Crippen LogP contribution in [0, 0.1) is 5.82 Å². The van der Waals surface area contributed by atoms with E-state index in [4.69, 9.17) is 10.3 Å². The van der Waals surface area contributed by atoms with Crippen LogP contribution >= 0.6 is 0 Å². The fraction of sp³-hybridized carbons (Fsp3) is 0. The second-order valence-electron chi connectivity index (χ2n) is 3.85. The molecule has 0 fully saturated rings. The normalized spacial score (nSPS) is 10.6. The van der Waals surface area contributed by atoms with Crippen LogP contribution in [0.15, 0.2) is 47.2 Å². The maximum Gasteiger partial charge on any atom is 0.230 e. The van der Waals surface area contributed by atoms with E-state index in [0.29, 0.717) is 22.6 Å². The second-order valence-corrected chi connectivity index (χ2v) is 3.85. The molecule has 0 aliphatic rings. The van der Waals surface area contributed by atoms with Crippen molar-refractivity contribution in [1.29, 1.82) is 0 Å². The lowest BCUT2D eigenvalue weighted by molar-refractivity contribution is 0.439. The summed E-state index contributed by atoms with van der Waals surface area (Å²) >= 11 is 0. The number of nitrogens with two attached hydrogens (primary N) is 1. The minimum atomic E-state index is -0.323. The number of nitrogens with zero attached hydrogens (tertiary/aromatic N) is 3. The zero-order chi connectivity index (χ0) is 13.2. The number of aromatic nitrogens is 3. The monoisotopic (exact) mass is 256 g/mol. The van der Waals surface area contributed by atoms with Gasteiger partial charge in [0.2, 0.25) is 5.88 Å². The van der Waals surface area contributed by atoms with E-state index in [1.165, 1.54) is 12.1 Å². The Balaban J connectivity index is 2.17. The number of hydrogen-bond donors (Lipinski definition) is 1. The molecular weight excluding hydrogens is 247 g/mol. The zero-order valence-electron chi connectivity index (χ0n) is 9.75. The maximum absolute atomic E-state index is 13.0. The average molecular weight is 256 g/mol. The Morgan fingerprint density at radius 3 is 2.42 bits per heavy atom. The molecule has 94 valence electrons. The van der Waals surface area contributed by atoms with Gasteiger partial charge in [0.15, 0.2) is 11.5 Å². The van der Waals surface area contributed by atoms with Crippen LogP contribution in [0.2, 0.25) is 0 Å². The molecule has 0 atom stereocenters. The molecule has 6 heteroatoms. The summed E-state index contributed by atoms with van der Waals surface area (Å²) in [5.74, 6) is 0.229. The molecule has 2 N–H and O–H groups in total. The molecule has 19 heavy (non-hydrogen) atoms. The molecule has 0 radical (unpaired) electrons. The van der Waals surface area contributed by atoms with Crippen molar-refractivity contribution in [2.75, 3.05) is 5.73 Å². The highest BCUT2D eigenvalue weighted by Crippen LogP contribution is 2.34. The summed E-state index contributed by atoms with van der Waals surface area (Å²) in [4.78, 5) is 8.21. The van der Waals surface area contributed by atoms with E-state index in [0.717, 1.165) is 0 Å². The van der Waals surface area contributed by atoms with Crippen LogP contribution in [-0.2, 0) is 0 Å². The van der Waals surface area contributed by atoms with Gasteiger partial charge < -0.3 is 10.3 Å². The van der Waals surface area contributed by atoms with E-state index in [1.807, 2.05) is 0 Å². The predicted octanol–water partition coefficient (Wildman–Crippen LogP) is 2.52. The molecular formula is C13H9FN4O. The third-order valence-corrected chi connectivity index (χ3v) is 2.63. The largest absolute Gasteiger partial charge is 0.367 e. The summed E-state index contributed by atoms with van der Waals surface area (Å²) in [7, 11) is 0. The van der Waals surface area contributed by atoms with Crippen molar-refractivity contribution in [3.05, 3.63) is 48.5 Å². The van der Waals surface area contributed by atoms with Gasteiger partial charge in [-0.25, -0.2) is 14.4 Å². The number of hydrogen-bond acceptors (Lipinski definition) is 5. The van der Waals surface area contributed by atoms with Crippen LogP contribution in [0.3, 0.4) is 0 Å². The first-order valence-electron chi connectivity index (χ1n) is 5.54. The van der Waals surface area contributed by atoms with E-state index in [2.05, 4.69) is 15.1 Å². The predicted molar refractivity (Wildman–Crippen MR) is 67.3 cm³/mol. The average Bonchev–Trinajstić information content (AvgIpc) is 2.83. The van der Waals surface area contributed by atoms with Gasteiger partial charge in [-0.2, -0.15) is 0 Å². The van der Waals surface area contributed by atoms with Crippen LogP contribution in [0.5, 0.6) is 0 Å². The van der Waals surface area contributed by atoms with Gasteiger partial charge in [0.25, 0.3) is 0 Å². The molecule has 0 bridgehead atoms. The summed E-state index contributed by atoms with van der Waals surface area (Å²) in [6.45, 7) is 0. The second kappa shape index (κ2) is 4.49. The lowest BCUT2D eigenvalue weighted by Gasteiger charge is -2.01. The lowest BCUT2D eigenvalue weighted by Crippen LogP contribution is -1.91. The van der Waals surface area contributed by atoms with Crippen LogP contribution < -0.4 is 5.73 Å². The number of nitrogen functional groups attached to an aromatic ring is 1. The molecule has 5 nitrogen and oxygen atoms in total. The fourth-order valence-electron chi connectivity index (χ4n) is 1.77. The Hall–Kier alpha value is -2.76. The SMILES string of the molecule is Nc1onc(-c2ncccn2)c1-c1ccc(F)cc1. The van der Waals surface area contributed by atoms with Gasteiger partial charge in [0.05, 0.1) is 5.56 Å². The van der Waals surface area contributed by atoms with Crippen LogP contribution in [0.4, 0.5) is 10.3 Å². The summed E-state index contributed by atoms with van der Waals surface area (Å²) in [5.41, 5.74) is 7.46. The van der Waals surface area contributed by atoms with E-state index >= 15 is 0 Å². The first-order valence-corrected chi connectivity index (χ1v) is 5.54. The van der Waals surface area contributed by atoms with E-state index < -0.39 is 0 Å². The fourth-order valence-corrected chi connectivity index (χ4v) is 1.77. The van der Waals surface area contributed by atoms with Gasteiger partial charge in [-0.05, 0) is 23.8 Å². The standard InChI is InChI=1S/C13H9FN4O/c14-9-4-2-8(3-5-9)10-11(18-19-12(10)15)13-16-6-1-7-17-13/h1-7H,15H2. The molecule has 0 amide bonds. The topological polar surface area (TPSA) is 77.8 Å². The molecule has 0 unspecified atom stereocenters. The minimum Gasteiger partial charge on any atom is -0.367 e. The minimum absolute atomic E-state index is 0.147. The van der Waals surface area contributed by atoms with E-state index in [-0.39, 0.29) is 11.7 Å². The summed E-state index contributed by atoms with van der Waals surface area (Å²) in [6.07, 6.45) is 3.20. The van der Waals surface area contributed by atoms with Crippen LogP contribution in [-0.4, -0.2) is 15.1 Å². The molecule has 0 spiro atoms. The third kappa shape index (κ3) is 2.03. The highest BCUT2D eigenvalue weighted by atomic mass is 19.1. The quantitative estimate of drug-likeness (QED) is 0.762. The smallest absolute Gasteiger partial charge is 0.230 e. The van der Waals surface area contributed by atoms with Crippen molar-refractivity contribution >= 4 is 5.88 Å². The van der Waals surface area contributed by atoms with Crippen molar-refractivity contribution in [2.24, 2.45) is 0 Å². The van der Waals surface area contributed by atoms with Crippen molar-refractivity contribution in [2.45, 2.75) is 0 Å². The number of rotatable bonds is 2. The number of anilines is 1. The summed E-state index contributed by atoms with van der Waals surface area (Å²) in [5, 5.41) is 3.87. The number of halogens is 1.